The standard InChI is InChI=1S/C18H20N4O2S/c1-10-6-7-12-13(9-10)21-16(20-12)14-5-4-8-22(14)17(23)15-11(2)19-18(24-3)25-15/h6-7,9,14H,4-5,8H2,1-3H3,(H,20,21). The van der Waals surface area contributed by atoms with Gasteiger partial charge in [0.25, 0.3) is 11.1 Å². The number of hydrogen-bond acceptors (Lipinski definition) is 5. The van der Waals surface area contributed by atoms with E-state index in [9.17, 15) is 4.79 Å². The van der Waals surface area contributed by atoms with Crippen molar-refractivity contribution in [1.29, 1.82) is 0 Å². The molecule has 0 saturated carbocycles. The van der Waals surface area contributed by atoms with Gasteiger partial charge in [-0.15, -0.1) is 0 Å². The van der Waals surface area contributed by atoms with Crippen LogP contribution in [0, 0.1) is 13.8 Å². The second-order valence-electron chi connectivity index (χ2n) is 6.40. The average Bonchev–Trinajstić information content (AvgIpc) is 3.30. The van der Waals surface area contributed by atoms with Crippen molar-refractivity contribution in [2.45, 2.75) is 32.7 Å². The fraction of sp³-hybridized carbons (Fsp3) is 0.389. The van der Waals surface area contributed by atoms with E-state index < -0.39 is 0 Å². The predicted octanol–water partition coefficient (Wildman–Crippen LogP) is 3.62. The van der Waals surface area contributed by atoms with Gasteiger partial charge in [-0.2, -0.15) is 0 Å². The molecular formula is C18H20N4O2S. The Morgan fingerprint density at radius 3 is 2.96 bits per heavy atom. The van der Waals surface area contributed by atoms with Crippen LogP contribution in [0.15, 0.2) is 18.2 Å². The normalized spacial score (nSPS) is 17.4. The number of nitrogens with one attached hydrogen (secondary N) is 1. The van der Waals surface area contributed by atoms with Crippen LogP contribution in [-0.2, 0) is 0 Å². The fourth-order valence-electron chi connectivity index (χ4n) is 3.38. The number of benzene rings is 1. The minimum Gasteiger partial charge on any atom is -0.473 e. The van der Waals surface area contributed by atoms with E-state index in [1.807, 2.05) is 17.9 Å². The Balaban J connectivity index is 1.67. The fourth-order valence-corrected chi connectivity index (χ4v) is 4.22. The van der Waals surface area contributed by atoms with E-state index in [2.05, 4.69) is 29.0 Å². The summed E-state index contributed by atoms with van der Waals surface area (Å²) in [5.41, 5.74) is 3.87. The van der Waals surface area contributed by atoms with Crippen LogP contribution in [0.5, 0.6) is 5.19 Å². The number of hydrogen-bond donors (Lipinski definition) is 1. The molecule has 6 nitrogen and oxygen atoms in total. The van der Waals surface area contributed by atoms with Crippen molar-refractivity contribution in [1.82, 2.24) is 19.9 Å². The molecule has 4 rings (SSSR count). The zero-order valence-electron chi connectivity index (χ0n) is 14.5. The average molecular weight is 356 g/mol. The Bertz CT molecular complexity index is 946. The number of aromatic amines is 1. The topological polar surface area (TPSA) is 71.1 Å². The molecule has 2 aromatic heterocycles. The molecule has 130 valence electrons. The van der Waals surface area contributed by atoms with Crippen LogP contribution in [0.25, 0.3) is 11.0 Å². The van der Waals surface area contributed by atoms with Crippen molar-refractivity contribution in [2.75, 3.05) is 13.7 Å². The van der Waals surface area contributed by atoms with Crippen LogP contribution in [0.4, 0.5) is 0 Å². The number of methoxy groups -OCH3 is 1. The number of fused-ring (bicyclic) bond motifs is 1. The summed E-state index contributed by atoms with van der Waals surface area (Å²) >= 11 is 1.30. The third-order valence-corrected chi connectivity index (χ3v) is 5.74. The summed E-state index contributed by atoms with van der Waals surface area (Å²) in [6.07, 6.45) is 1.89. The van der Waals surface area contributed by atoms with Crippen LogP contribution >= 0.6 is 11.3 Å². The summed E-state index contributed by atoms with van der Waals surface area (Å²) in [6.45, 7) is 4.64. The monoisotopic (exact) mass is 356 g/mol. The molecule has 1 amide bonds. The number of H-pyrrole nitrogens is 1. The zero-order chi connectivity index (χ0) is 17.6. The van der Waals surface area contributed by atoms with Crippen LogP contribution in [0.1, 0.15) is 45.6 Å². The van der Waals surface area contributed by atoms with E-state index in [4.69, 9.17) is 9.72 Å². The number of amides is 1. The van der Waals surface area contributed by atoms with Gasteiger partial charge in [-0.1, -0.05) is 17.4 Å². The maximum Gasteiger partial charge on any atom is 0.273 e. The van der Waals surface area contributed by atoms with Crippen LogP contribution < -0.4 is 4.74 Å². The predicted molar refractivity (Wildman–Crippen MR) is 97.2 cm³/mol. The molecule has 1 fully saturated rings. The lowest BCUT2D eigenvalue weighted by Gasteiger charge is -2.22. The summed E-state index contributed by atoms with van der Waals surface area (Å²) in [7, 11) is 1.57. The third kappa shape index (κ3) is 2.78. The number of rotatable bonds is 3. The Labute approximate surface area is 149 Å². The molecule has 0 radical (unpaired) electrons. The molecule has 0 bridgehead atoms. The minimum absolute atomic E-state index is 0.0115. The van der Waals surface area contributed by atoms with Crippen molar-refractivity contribution in [3.8, 4) is 5.19 Å². The Kier molecular flexibility index (Phi) is 3.95. The van der Waals surface area contributed by atoms with Crippen molar-refractivity contribution < 1.29 is 9.53 Å². The molecule has 1 saturated heterocycles. The molecule has 7 heteroatoms. The van der Waals surface area contributed by atoms with Crippen LogP contribution in [0.2, 0.25) is 0 Å². The number of ether oxygens (including phenoxy) is 1. The number of carbonyl (C=O) groups is 1. The zero-order valence-corrected chi connectivity index (χ0v) is 15.3. The molecule has 1 aromatic carbocycles. The van der Waals surface area contributed by atoms with Gasteiger partial charge in [0.15, 0.2) is 0 Å². The number of thiazole rings is 1. The molecule has 1 aliphatic rings. The number of aromatic nitrogens is 3. The number of aryl methyl sites for hydroxylation is 2. The Hall–Kier alpha value is -2.41. The van der Waals surface area contributed by atoms with Crippen LogP contribution in [0.3, 0.4) is 0 Å². The van der Waals surface area contributed by atoms with E-state index in [-0.39, 0.29) is 11.9 Å². The maximum absolute atomic E-state index is 13.0. The smallest absolute Gasteiger partial charge is 0.273 e. The minimum atomic E-state index is -0.0206. The highest BCUT2D eigenvalue weighted by atomic mass is 32.1. The second-order valence-corrected chi connectivity index (χ2v) is 7.36. The molecule has 3 heterocycles. The summed E-state index contributed by atoms with van der Waals surface area (Å²) in [6, 6.07) is 6.14. The van der Waals surface area contributed by atoms with Crippen molar-refractivity contribution in [2.24, 2.45) is 0 Å². The molecule has 1 unspecified atom stereocenters. The summed E-state index contributed by atoms with van der Waals surface area (Å²) in [4.78, 5) is 28.0. The third-order valence-electron chi connectivity index (χ3n) is 4.63. The van der Waals surface area contributed by atoms with E-state index in [0.29, 0.717) is 10.1 Å². The van der Waals surface area contributed by atoms with E-state index in [1.165, 1.54) is 16.9 Å². The largest absolute Gasteiger partial charge is 0.473 e. The molecule has 0 spiro atoms. The lowest BCUT2D eigenvalue weighted by atomic mass is 10.2. The summed E-state index contributed by atoms with van der Waals surface area (Å²) in [5.74, 6) is 0.873. The number of likely N-dealkylation sites (tertiary alicyclic amines) is 1. The molecular weight excluding hydrogens is 336 g/mol. The van der Waals surface area contributed by atoms with Gasteiger partial charge in [-0.3, -0.25) is 4.79 Å². The van der Waals surface area contributed by atoms with E-state index in [0.717, 1.165) is 41.9 Å². The first kappa shape index (κ1) is 16.1. The lowest BCUT2D eigenvalue weighted by Crippen LogP contribution is -2.31. The van der Waals surface area contributed by atoms with Gasteiger partial charge in [0.1, 0.15) is 10.7 Å². The van der Waals surface area contributed by atoms with Crippen LogP contribution in [-0.4, -0.2) is 39.4 Å². The van der Waals surface area contributed by atoms with Gasteiger partial charge >= 0.3 is 0 Å². The molecule has 1 N–H and O–H groups in total. The Morgan fingerprint density at radius 2 is 2.20 bits per heavy atom. The number of nitrogens with zero attached hydrogens (tertiary/aromatic N) is 3. The molecule has 25 heavy (non-hydrogen) atoms. The summed E-state index contributed by atoms with van der Waals surface area (Å²) < 4.78 is 5.17. The number of imidazole rings is 1. The molecule has 1 aliphatic heterocycles. The first-order valence-electron chi connectivity index (χ1n) is 8.35. The van der Waals surface area contributed by atoms with Gasteiger partial charge in [0.2, 0.25) is 0 Å². The lowest BCUT2D eigenvalue weighted by molar-refractivity contribution is 0.0734. The number of carbonyl (C=O) groups excluding carboxylic acids is 1. The van der Waals surface area contributed by atoms with Crippen molar-refractivity contribution >= 4 is 28.3 Å². The molecule has 1 atom stereocenters. The van der Waals surface area contributed by atoms with E-state index in [1.54, 1.807) is 7.11 Å². The highest BCUT2D eigenvalue weighted by Gasteiger charge is 2.34. The molecule has 3 aromatic rings. The van der Waals surface area contributed by atoms with Crippen molar-refractivity contribution in [3.05, 3.63) is 40.2 Å². The van der Waals surface area contributed by atoms with Gasteiger partial charge in [0.05, 0.1) is 29.9 Å². The van der Waals surface area contributed by atoms with Gasteiger partial charge in [-0.05, 0) is 44.4 Å². The van der Waals surface area contributed by atoms with Crippen molar-refractivity contribution in [3.63, 3.8) is 0 Å². The SMILES string of the molecule is COc1nc(C)c(C(=O)N2CCCC2c2nc3ccc(C)cc3[nH]2)s1. The van der Waals surface area contributed by atoms with Gasteiger partial charge in [0, 0.05) is 6.54 Å². The summed E-state index contributed by atoms with van der Waals surface area (Å²) in [5, 5.41) is 0.524. The van der Waals surface area contributed by atoms with E-state index >= 15 is 0 Å². The Morgan fingerprint density at radius 1 is 1.36 bits per heavy atom. The maximum atomic E-state index is 13.0. The highest BCUT2D eigenvalue weighted by molar-refractivity contribution is 7.15. The quantitative estimate of drug-likeness (QED) is 0.778. The van der Waals surface area contributed by atoms with Gasteiger partial charge in [-0.25, -0.2) is 9.97 Å². The highest BCUT2D eigenvalue weighted by Crippen LogP contribution is 2.35. The first-order chi connectivity index (χ1) is 12.1. The second kappa shape index (κ2) is 6.15. The van der Waals surface area contributed by atoms with Gasteiger partial charge < -0.3 is 14.6 Å². The molecule has 0 aliphatic carbocycles. The first-order valence-corrected chi connectivity index (χ1v) is 9.17.